The summed E-state index contributed by atoms with van der Waals surface area (Å²) in [5, 5.41) is 9.50. The molecule has 0 aromatic rings. The van der Waals surface area contributed by atoms with Crippen molar-refractivity contribution in [3.63, 3.8) is 0 Å². The number of rotatable bonds is 3. The average molecular weight is 195 g/mol. The normalized spacial score (nSPS) is 35.4. The van der Waals surface area contributed by atoms with Gasteiger partial charge in [-0.15, -0.1) is 0 Å². The highest BCUT2D eigenvalue weighted by Gasteiger charge is 2.45. The molecule has 80 valence electrons. The van der Waals surface area contributed by atoms with E-state index in [4.69, 9.17) is 0 Å². The van der Waals surface area contributed by atoms with Crippen molar-refractivity contribution in [1.29, 1.82) is 0 Å². The molecule has 0 amide bonds. The third-order valence-corrected chi connectivity index (χ3v) is 3.71. The predicted octanol–water partition coefficient (Wildman–Crippen LogP) is 1.94. The summed E-state index contributed by atoms with van der Waals surface area (Å²) in [5.41, 5.74) is 1.69. The highest BCUT2D eigenvalue weighted by atomic mass is 16.3. The van der Waals surface area contributed by atoms with Crippen LogP contribution < -0.4 is 0 Å². The second kappa shape index (κ2) is 4.03. The monoisotopic (exact) mass is 195 g/mol. The number of aliphatic hydroxyl groups is 1. The Labute approximate surface area is 86.6 Å². The summed E-state index contributed by atoms with van der Waals surface area (Å²) in [6, 6.07) is 0. The third kappa shape index (κ3) is 1.61. The molecule has 14 heavy (non-hydrogen) atoms. The molecule has 0 aromatic carbocycles. The van der Waals surface area contributed by atoms with Crippen LogP contribution in [-0.2, 0) is 0 Å². The molecular weight excluding hydrogens is 174 g/mol. The summed E-state index contributed by atoms with van der Waals surface area (Å²) in [6.45, 7) is 4.86. The maximum absolute atomic E-state index is 9.50. The molecule has 0 bridgehead atoms. The molecule has 1 unspecified atom stereocenters. The summed E-state index contributed by atoms with van der Waals surface area (Å²) in [5.74, 6) is 0. The minimum absolute atomic E-state index is 0.138. The SMILES string of the molecule is CCCC=C1CN2CCCC2(CO)C1. The van der Waals surface area contributed by atoms with Gasteiger partial charge in [0, 0.05) is 12.1 Å². The second-order valence-corrected chi connectivity index (χ2v) is 4.74. The van der Waals surface area contributed by atoms with Crippen molar-refractivity contribution in [2.45, 2.75) is 44.6 Å². The number of nitrogens with zero attached hydrogens (tertiary/aromatic N) is 1. The molecule has 1 N–H and O–H groups in total. The minimum atomic E-state index is 0.138. The van der Waals surface area contributed by atoms with Crippen molar-refractivity contribution in [3.05, 3.63) is 11.6 Å². The van der Waals surface area contributed by atoms with Gasteiger partial charge in [-0.1, -0.05) is 25.0 Å². The van der Waals surface area contributed by atoms with Gasteiger partial charge in [0.05, 0.1) is 6.61 Å². The Hall–Kier alpha value is -0.340. The van der Waals surface area contributed by atoms with Gasteiger partial charge in [0.2, 0.25) is 0 Å². The van der Waals surface area contributed by atoms with E-state index in [-0.39, 0.29) is 5.54 Å². The van der Waals surface area contributed by atoms with Crippen LogP contribution in [0.5, 0.6) is 0 Å². The topological polar surface area (TPSA) is 23.5 Å². The molecule has 2 aliphatic rings. The van der Waals surface area contributed by atoms with E-state index >= 15 is 0 Å². The first-order chi connectivity index (χ1) is 6.80. The molecule has 0 aliphatic carbocycles. The van der Waals surface area contributed by atoms with Gasteiger partial charge < -0.3 is 5.11 Å². The molecule has 2 rings (SSSR count). The van der Waals surface area contributed by atoms with Gasteiger partial charge in [0.25, 0.3) is 0 Å². The Kier molecular flexibility index (Phi) is 2.93. The van der Waals surface area contributed by atoms with E-state index in [1.165, 1.54) is 32.2 Å². The molecule has 0 saturated carbocycles. The lowest BCUT2D eigenvalue weighted by molar-refractivity contribution is 0.1000. The largest absolute Gasteiger partial charge is 0.394 e. The van der Waals surface area contributed by atoms with Gasteiger partial charge in [-0.3, -0.25) is 4.90 Å². The number of allylic oxidation sites excluding steroid dienone is 1. The smallest absolute Gasteiger partial charge is 0.0618 e. The van der Waals surface area contributed by atoms with Crippen molar-refractivity contribution >= 4 is 0 Å². The first-order valence-corrected chi connectivity index (χ1v) is 5.84. The van der Waals surface area contributed by atoms with Crippen LogP contribution in [0.2, 0.25) is 0 Å². The zero-order valence-corrected chi connectivity index (χ0v) is 9.13. The molecule has 2 heteroatoms. The molecule has 0 aromatic heterocycles. The third-order valence-electron chi connectivity index (χ3n) is 3.71. The molecule has 2 aliphatic heterocycles. The summed E-state index contributed by atoms with van der Waals surface area (Å²) < 4.78 is 0. The first kappa shape index (κ1) is 10.2. The van der Waals surface area contributed by atoms with Crippen molar-refractivity contribution in [2.75, 3.05) is 19.7 Å². The number of aliphatic hydroxyl groups excluding tert-OH is 1. The van der Waals surface area contributed by atoms with E-state index in [0.29, 0.717) is 6.61 Å². The van der Waals surface area contributed by atoms with Crippen LogP contribution in [-0.4, -0.2) is 35.2 Å². The molecule has 2 saturated heterocycles. The Bertz CT molecular complexity index is 236. The number of unbranched alkanes of at least 4 members (excludes halogenated alkanes) is 1. The standard InChI is InChI=1S/C12H21NO/c1-2-3-5-11-8-12(10-14)6-4-7-13(12)9-11/h5,14H,2-4,6-10H2,1H3. The van der Waals surface area contributed by atoms with Crippen LogP contribution in [0.15, 0.2) is 11.6 Å². The number of hydrogen-bond acceptors (Lipinski definition) is 2. The van der Waals surface area contributed by atoms with Gasteiger partial charge in [0.15, 0.2) is 0 Å². The number of hydrogen-bond donors (Lipinski definition) is 1. The van der Waals surface area contributed by atoms with Crippen molar-refractivity contribution in [3.8, 4) is 0 Å². The van der Waals surface area contributed by atoms with E-state index in [0.717, 1.165) is 13.0 Å². The van der Waals surface area contributed by atoms with Crippen LogP contribution in [0, 0.1) is 0 Å². The van der Waals surface area contributed by atoms with E-state index in [1.807, 2.05) is 0 Å². The predicted molar refractivity (Wildman–Crippen MR) is 58.2 cm³/mol. The van der Waals surface area contributed by atoms with E-state index in [2.05, 4.69) is 17.9 Å². The maximum atomic E-state index is 9.50. The van der Waals surface area contributed by atoms with Crippen LogP contribution >= 0.6 is 0 Å². The van der Waals surface area contributed by atoms with Gasteiger partial charge in [0.1, 0.15) is 0 Å². The summed E-state index contributed by atoms with van der Waals surface area (Å²) >= 11 is 0. The Morgan fingerprint density at radius 1 is 1.57 bits per heavy atom. The molecule has 0 spiro atoms. The molecule has 0 radical (unpaired) electrons. The van der Waals surface area contributed by atoms with Crippen LogP contribution in [0.3, 0.4) is 0 Å². The molecule has 2 fully saturated rings. The van der Waals surface area contributed by atoms with Crippen LogP contribution in [0.4, 0.5) is 0 Å². The quantitative estimate of drug-likeness (QED) is 0.696. The van der Waals surface area contributed by atoms with Crippen LogP contribution in [0.25, 0.3) is 0 Å². The van der Waals surface area contributed by atoms with Gasteiger partial charge in [-0.25, -0.2) is 0 Å². The van der Waals surface area contributed by atoms with Gasteiger partial charge in [-0.2, -0.15) is 0 Å². The van der Waals surface area contributed by atoms with Crippen molar-refractivity contribution in [1.82, 2.24) is 4.90 Å². The van der Waals surface area contributed by atoms with Crippen LogP contribution in [0.1, 0.15) is 39.0 Å². The van der Waals surface area contributed by atoms with Gasteiger partial charge in [-0.05, 0) is 32.2 Å². The lowest BCUT2D eigenvalue weighted by Gasteiger charge is -2.28. The van der Waals surface area contributed by atoms with Crippen molar-refractivity contribution in [2.24, 2.45) is 0 Å². The highest BCUT2D eigenvalue weighted by molar-refractivity contribution is 5.20. The second-order valence-electron chi connectivity index (χ2n) is 4.74. The molecule has 2 heterocycles. The summed E-state index contributed by atoms with van der Waals surface area (Å²) in [4.78, 5) is 2.48. The highest BCUT2D eigenvalue weighted by Crippen LogP contribution is 2.40. The Morgan fingerprint density at radius 2 is 2.43 bits per heavy atom. The maximum Gasteiger partial charge on any atom is 0.0618 e. The zero-order valence-electron chi connectivity index (χ0n) is 9.13. The first-order valence-electron chi connectivity index (χ1n) is 5.84. The number of fused-ring (bicyclic) bond motifs is 1. The summed E-state index contributed by atoms with van der Waals surface area (Å²) in [7, 11) is 0. The van der Waals surface area contributed by atoms with E-state index in [1.54, 1.807) is 5.57 Å². The van der Waals surface area contributed by atoms with E-state index < -0.39 is 0 Å². The Balaban J connectivity index is 2.05. The fourth-order valence-corrected chi connectivity index (χ4v) is 2.89. The summed E-state index contributed by atoms with van der Waals surface area (Å²) in [6.07, 6.45) is 8.38. The van der Waals surface area contributed by atoms with Gasteiger partial charge >= 0.3 is 0 Å². The fraction of sp³-hybridized carbons (Fsp3) is 0.833. The average Bonchev–Trinajstić information content (AvgIpc) is 2.70. The Morgan fingerprint density at radius 3 is 3.07 bits per heavy atom. The fourth-order valence-electron chi connectivity index (χ4n) is 2.89. The minimum Gasteiger partial charge on any atom is -0.394 e. The zero-order chi connectivity index (χ0) is 10.0. The van der Waals surface area contributed by atoms with Crippen molar-refractivity contribution < 1.29 is 5.11 Å². The lowest BCUT2D eigenvalue weighted by Crippen LogP contribution is -2.41. The molecule has 2 nitrogen and oxygen atoms in total. The molecule has 1 atom stereocenters. The van der Waals surface area contributed by atoms with E-state index in [9.17, 15) is 5.11 Å². The molecular formula is C12H21NO. The lowest BCUT2D eigenvalue weighted by atomic mass is 9.93.